The van der Waals surface area contributed by atoms with E-state index in [1.165, 1.54) is 12.0 Å². The van der Waals surface area contributed by atoms with Gasteiger partial charge in [0.25, 0.3) is 0 Å². The van der Waals surface area contributed by atoms with Crippen molar-refractivity contribution >= 4 is 0 Å². The topological polar surface area (TPSA) is 37.4 Å². The van der Waals surface area contributed by atoms with Crippen molar-refractivity contribution < 1.29 is 4.74 Å². The first-order chi connectivity index (χ1) is 9.49. The normalized spacial score (nSPS) is 21.5. The average Bonchev–Trinajstić information content (AvgIpc) is 2.65. The van der Waals surface area contributed by atoms with Crippen LogP contribution in [0.3, 0.4) is 0 Å². The highest BCUT2D eigenvalue weighted by molar-refractivity contribution is 5.17. The smallest absolute Gasteiger partial charge is 0.212 e. The van der Waals surface area contributed by atoms with Crippen LogP contribution in [0.2, 0.25) is 0 Å². The summed E-state index contributed by atoms with van der Waals surface area (Å²) < 4.78 is 5.11. The molecule has 1 atom stereocenters. The molecule has 1 fully saturated rings. The van der Waals surface area contributed by atoms with E-state index < -0.39 is 0 Å². The van der Waals surface area contributed by atoms with E-state index in [2.05, 4.69) is 42.0 Å². The molecule has 4 heteroatoms. The van der Waals surface area contributed by atoms with Gasteiger partial charge in [-0.15, -0.1) is 0 Å². The van der Waals surface area contributed by atoms with Gasteiger partial charge in [0.2, 0.25) is 5.88 Å². The van der Waals surface area contributed by atoms with Crippen LogP contribution in [-0.4, -0.2) is 42.7 Å². The molecule has 1 aliphatic rings. The third kappa shape index (κ3) is 4.18. The minimum atomic E-state index is 0.292. The van der Waals surface area contributed by atoms with Gasteiger partial charge in [0.05, 0.1) is 7.11 Å². The number of hydrogen-bond donors (Lipinski definition) is 1. The largest absolute Gasteiger partial charge is 0.481 e. The second-order valence-corrected chi connectivity index (χ2v) is 6.67. The van der Waals surface area contributed by atoms with Crippen molar-refractivity contribution in [2.24, 2.45) is 5.41 Å². The molecule has 0 radical (unpaired) electrons. The Morgan fingerprint density at radius 2 is 2.20 bits per heavy atom. The molecule has 1 saturated heterocycles. The number of methoxy groups -OCH3 is 1. The summed E-state index contributed by atoms with van der Waals surface area (Å²) in [6, 6.07) is 4.58. The minimum Gasteiger partial charge on any atom is -0.481 e. The lowest BCUT2D eigenvalue weighted by Crippen LogP contribution is -2.46. The van der Waals surface area contributed by atoms with Gasteiger partial charge >= 0.3 is 0 Å². The average molecular weight is 277 g/mol. The van der Waals surface area contributed by atoms with Crippen LogP contribution < -0.4 is 10.1 Å². The van der Waals surface area contributed by atoms with Crippen molar-refractivity contribution in [1.82, 2.24) is 15.2 Å². The number of rotatable bonds is 3. The molecule has 0 aromatic carbocycles. The lowest BCUT2D eigenvalue weighted by atomic mass is 9.86. The summed E-state index contributed by atoms with van der Waals surface area (Å²) in [5, 5.41) is 3.68. The van der Waals surface area contributed by atoms with Crippen LogP contribution in [0.4, 0.5) is 0 Å². The molecular formula is C16H27N3O. The Kier molecular flexibility index (Phi) is 5.00. The maximum Gasteiger partial charge on any atom is 0.212 e. The number of nitrogens with one attached hydrogen (secondary N) is 1. The van der Waals surface area contributed by atoms with Crippen molar-refractivity contribution in [2.75, 3.05) is 26.7 Å². The zero-order chi connectivity index (χ0) is 14.6. The Balaban J connectivity index is 1.99. The van der Waals surface area contributed by atoms with Crippen LogP contribution in [-0.2, 0) is 6.54 Å². The molecule has 0 spiro atoms. The second kappa shape index (κ2) is 6.55. The fraction of sp³-hybridized carbons (Fsp3) is 0.688. The van der Waals surface area contributed by atoms with Crippen LogP contribution in [0.5, 0.6) is 5.88 Å². The SMILES string of the molecule is COc1ccc(CN2CCCNC(C(C)(C)C)C2)cn1. The summed E-state index contributed by atoms with van der Waals surface area (Å²) in [5.74, 6) is 0.679. The van der Waals surface area contributed by atoms with Crippen LogP contribution in [0.25, 0.3) is 0 Å². The molecule has 2 rings (SSSR count). The molecule has 112 valence electrons. The van der Waals surface area contributed by atoms with E-state index in [-0.39, 0.29) is 0 Å². The molecule has 0 saturated carbocycles. The molecule has 0 bridgehead atoms. The molecule has 1 aliphatic heterocycles. The molecular weight excluding hydrogens is 250 g/mol. The van der Waals surface area contributed by atoms with Crippen LogP contribution in [0, 0.1) is 5.41 Å². The molecule has 2 heterocycles. The van der Waals surface area contributed by atoms with Crippen LogP contribution >= 0.6 is 0 Å². The van der Waals surface area contributed by atoms with Gasteiger partial charge in [-0.3, -0.25) is 4.90 Å². The lowest BCUT2D eigenvalue weighted by Gasteiger charge is -2.33. The van der Waals surface area contributed by atoms with Gasteiger partial charge in [-0.1, -0.05) is 26.8 Å². The molecule has 20 heavy (non-hydrogen) atoms. The Labute approximate surface area is 122 Å². The van der Waals surface area contributed by atoms with Gasteiger partial charge in [0.15, 0.2) is 0 Å². The summed E-state index contributed by atoms with van der Waals surface area (Å²) in [6.45, 7) is 11.2. The van der Waals surface area contributed by atoms with Gasteiger partial charge < -0.3 is 10.1 Å². The van der Waals surface area contributed by atoms with Crippen molar-refractivity contribution in [3.63, 3.8) is 0 Å². The van der Waals surface area contributed by atoms with Gasteiger partial charge in [0, 0.05) is 31.4 Å². The zero-order valence-electron chi connectivity index (χ0n) is 13.1. The highest BCUT2D eigenvalue weighted by Gasteiger charge is 2.27. The minimum absolute atomic E-state index is 0.292. The maximum atomic E-state index is 5.11. The predicted octanol–water partition coefficient (Wildman–Crippen LogP) is 2.30. The molecule has 1 unspecified atom stereocenters. The first-order valence-electron chi connectivity index (χ1n) is 7.43. The molecule has 1 N–H and O–H groups in total. The second-order valence-electron chi connectivity index (χ2n) is 6.67. The van der Waals surface area contributed by atoms with E-state index in [1.54, 1.807) is 7.11 Å². The predicted molar refractivity (Wildman–Crippen MR) is 81.9 cm³/mol. The third-order valence-electron chi connectivity index (χ3n) is 3.94. The number of nitrogens with zero attached hydrogens (tertiary/aromatic N) is 2. The number of hydrogen-bond acceptors (Lipinski definition) is 4. The summed E-state index contributed by atoms with van der Waals surface area (Å²) in [5.41, 5.74) is 1.54. The lowest BCUT2D eigenvalue weighted by molar-refractivity contribution is 0.192. The third-order valence-corrected chi connectivity index (χ3v) is 3.94. The number of pyridine rings is 1. The van der Waals surface area contributed by atoms with Gasteiger partial charge in [-0.25, -0.2) is 4.98 Å². The summed E-state index contributed by atoms with van der Waals surface area (Å²) in [7, 11) is 1.65. The van der Waals surface area contributed by atoms with E-state index in [1.807, 2.05) is 12.3 Å². The van der Waals surface area contributed by atoms with Gasteiger partial charge in [0.1, 0.15) is 0 Å². The van der Waals surface area contributed by atoms with Crippen molar-refractivity contribution in [3.8, 4) is 5.88 Å². The zero-order valence-corrected chi connectivity index (χ0v) is 13.1. The summed E-state index contributed by atoms with van der Waals surface area (Å²) >= 11 is 0. The highest BCUT2D eigenvalue weighted by atomic mass is 16.5. The maximum absolute atomic E-state index is 5.11. The van der Waals surface area contributed by atoms with E-state index in [4.69, 9.17) is 4.74 Å². The highest BCUT2D eigenvalue weighted by Crippen LogP contribution is 2.22. The summed E-state index contributed by atoms with van der Waals surface area (Å²) in [6.07, 6.45) is 3.12. The van der Waals surface area contributed by atoms with E-state index >= 15 is 0 Å². The van der Waals surface area contributed by atoms with E-state index in [0.717, 1.165) is 26.2 Å². The standard InChI is InChI=1S/C16H27N3O/c1-16(2,3)14-12-19(9-5-8-17-14)11-13-6-7-15(20-4)18-10-13/h6-7,10,14,17H,5,8-9,11-12H2,1-4H3. The van der Waals surface area contributed by atoms with Gasteiger partial charge in [-0.05, 0) is 30.5 Å². The Morgan fingerprint density at radius 3 is 2.80 bits per heavy atom. The monoisotopic (exact) mass is 277 g/mol. The van der Waals surface area contributed by atoms with E-state index in [0.29, 0.717) is 17.3 Å². The van der Waals surface area contributed by atoms with Crippen LogP contribution in [0.15, 0.2) is 18.3 Å². The molecule has 1 aromatic heterocycles. The first-order valence-corrected chi connectivity index (χ1v) is 7.43. The Bertz CT molecular complexity index is 411. The fourth-order valence-electron chi connectivity index (χ4n) is 2.60. The first kappa shape index (κ1) is 15.3. The molecule has 0 amide bonds. The fourth-order valence-corrected chi connectivity index (χ4v) is 2.60. The van der Waals surface area contributed by atoms with Gasteiger partial charge in [-0.2, -0.15) is 0 Å². The van der Waals surface area contributed by atoms with Crippen molar-refractivity contribution in [3.05, 3.63) is 23.9 Å². The Hall–Kier alpha value is -1.13. The Morgan fingerprint density at radius 1 is 1.40 bits per heavy atom. The summed E-state index contributed by atoms with van der Waals surface area (Å²) in [4.78, 5) is 6.82. The van der Waals surface area contributed by atoms with Crippen molar-refractivity contribution in [2.45, 2.75) is 39.8 Å². The molecule has 4 nitrogen and oxygen atoms in total. The molecule has 0 aliphatic carbocycles. The number of aromatic nitrogens is 1. The quantitative estimate of drug-likeness (QED) is 0.920. The van der Waals surface area contributed by atoms with E-state index in [9.17, 15) is 0 Å². The van der Waals surface area contributed by atoms with Crippen LogP contribution in [0.1, 0.15) is 32.8 Å². The molecule has 1 aromatic rings. The number of ether oxygens (including phenoxy) is 1. The van der Waals surface area contributed by atoms with Crippen molar-refractivity contribution in [1.29, 1.82) is 0 Å².